The predicted octanol–water partition coefficient (Wildman–Crippen LogP) is 2.53. The van der Waals surface area contributed by atoms with E-state index in [1.165, 1.54) is 12.1 Å². The molecular weight excluding hydrogens is 506 g/mol. The van der Waals surface area contributed by atoms with Crippen molar-refractivity contribution in [3.63, 3.8) is 0 Å². The molecule has 1 aliphatic carbocycles. The van der Waals surface area contributed by atoms with Crippen LogP contribution in [0.25, 0.3) is 10.3 Å². The Morgan fingerprint density at radius 2 is 1.83 bits per heavy atom. The largest absolute Gasteiger partial charge is 0.393 e. The number of carbonyl (C=O) groups excluding carboxylic acids is 1. The molecule has 3 N–H and O–H groups in total. The molecule has 0 spiro atoms. The number of aromatic nitrogens is 2. The molecule has 192 valence electrons. The number of aliphatic hydroxyl groups excluding tert-OH is 2. The minimum absolute atomic E-state index is 0.177. The number of amides is 1. The highest BCUT2D eigenvalue weighted by molar-refractivity contribution is 7.92. The smallest absolute Gasteiger partial charge is 0.259 e. The Bertz CT molecular complexity index is 1330. The van der Waals surface area contributed by atoms with Gasteiger partial charge in [-0.1, -0.05) is 23.5 Å². The summed E-state index contributed by atoms with van der Waals surface area (Å²) in [5.41, 5.74) is 1.40. The molecule has 10 nitrogen and oxygen atoms in total. The van der Waals surface area contributed by atoms with Crippen LogP contribution in [-0.4, -0.2) is 65.7 Å². The molecule has 3 aromatic rings. The zero-order chi connectivity index (χ0) is 25.3. The van der Waals surface area contributed by atoms with Crippen molar-refractivity contribution in [2.75, 3.05) is 25.1 Å². The third-order valence-corrected chi connectivity index (χ3v) is 9.39. The minimum atomic E-state index is -3.34. The lowest BCUT2D eigenvalue weighted by Crippen LogP contribution is -2.31. The van der Waals surface area contributed by atoms with Gasteiger partial charge in [-0.3, -0.25) is 10.1 Å². The van der Waals surface area contributed by atoms with Crippen molar-refractivity contribution in [1.29, 1.82) is 0 Å². The van der Waals surface area contributed by atoms with Gasteiger partial charge in [-0.05, 0) is 55.5 Å². The first-order valence-electron chi connectivity index (χ1n) is 11.8. The topological polar surface area (TPSA) is 148 Å². The molecule has 1 saturated heterocycles. The highest BCUT2D eigenvalue weighted by Crippen LogP contribution is 2.35. The number of sulfone groups is 1. The lowest BCUT2D eigenvalue weighted by atomic mass is 10.1. The fourth-order valence-corrected chi connectivity index (χ4v) is 6.54. The standard InChI is InChI=1S/C24H27N3O7S2/c28-13-20(29)18-7-8-19-23(25-18)35-24(26-19)27-22(30)21(34-15-9-11-33-12-10-15)14-1-3-16(4-2-14)36(31,32)17-5-6-17/h1-4,7-8,15,17,20-21,28-29H,5-6,9-13H2,(H,26,27,30). The van der Waals surface area contributed by atoms with Crippen LogP contribution in [0, 0.1) is 0 Å². The van der Waals surface area contributed by atoms with E-state index in [1.54, 1.807) is 24.3 Å². The number of aliphatic hydroxyl groups is 2. The van der Waals surface area contributed by atoms with Gasteiger partial charge < -0.3 is 19.7 Å². The van der Waals surface area contributed by atoms with E-state index in [0.717, 1.165) is 11.3 Å². The number of fused-ring (bicyclic) bond motifs is 1. The van der Waals surface area contributed by atoms with Crippen LogP contribution in [0.3, 0.4) is 0 Å². The number of nitrogens with zero attached hydrogens (tertiary/aromatic N) is 2. The van der Waals surface area contributed by atoms with Crippen LogP contribution >= 0.6 is 11.3 Å². The Kier molecular flexibility index (Phi) is 7.33. The van der Waals surface area contributed by atoms with Crippen molar-refractivity contribution < 1.29 is 32.9 Å². The van der Waals surface area contributed by atoms with Crippen molar-refractivity contribution in [3.8, 4) is 0 Å². The molecule has 3 heterocycles. The molecule has 2 aromatic heterocycles. The summed E-state index contributed by atoms with van der Waals surface area (Å²) in [6.07, 6.45) is 0.413. The first-order valence-corrected chi connectivity index (χ1v) is 14.2. The number of ether oxygens (including phenoxy) is 2. The van der Waals surface area contributed by atoms with Gasteiger partial charge in [-0.15, -0.1) is 0 Å². The second kappa shape index (κ2) is 10.5. The van der Waals surface area contributed by atoms with Crippen LogP contribution in [0.5, 0.6) is 0 Å². The number of pyridine rings is 1. The Hall–Kier alpha value is -2.48. The lowest BCUT2D eigenvalue weighted by molar-refractivity contribution is -0.136. The van der Waals surface area contributed by atoms with Gasteiger partial charge in [0.25, 0.3) is 5.91 Å². The van der Waals surface area contributed by atoms with E-state index in [9.17, 15) is 18.3 Å². The van der Waals surface area contributed by atoms with Gasteiger partial charge in [0.05, 0.1) is 28.6 Å². The SMILES string of the molecule is O=C(Nc1nc2ccc(C(O)CO)nc2s1)C(OC1CCOCC1)c1ccc(S(=O)(=O)C2CC2)cc1. The third-order valence-electron chi connectivity index (χ3n) is 6.23. The van der Waals surface area contributed by atoms with Crippen molar-refractivity contribution >= 4 is 42.6 Å². The first kappa shape index (κ1) is 25.2. The van der Waals surface area contributed by atoms with Crippen LogP contribution in [0.15, 0.2) is 41.3 Å². The molecule has 1 saturated carbocycles. The summed E-state index contributed by atoms with van der Waals surface area (Å²) in [5, 5.41) is 21.8. The zero-order valence-electron chi connectivity index (χ0n) is 19.4. The third kappa shape index (κ3) is 5.43. The average Bonchev–Trinajstić information content (AvgIpc) is 3.68. The second-order valence-corrected chi connectivity index (χ2v) is 12.1. The van der Waals surface area contributed by atoms with Gasteiger partial charge >= 0.3 is 0 Å². The van der Waals surface area contributed by atoms with Crippen molar-refractivity contribution in [1.82, 2.24) is 9.97 Å². The summed E-state index contributed by atoms with van der Waals surface area (Å²) in [4.78, 5) is 22.8. The number of rotatable bonds is 9. The van der Waals surface area contributed by atoms with Gasteiger partial charge in [-0.25, -0.2) is 18.4 Å². The maximum Gasteiger partial charge on any atom is 0.259 e. The lowest BCUT2D eigenvalue weighted by Gasteiger charge is -2.27. The van der Waals surface area contributed by atoms with Crippen LogP contribution < -0.4 is 5.32 Å². The maximum absolute atomic E-state index is 13.4. The highest BCUT2D eigenvalue weighted by Gasteiger charge is 2.37. The van der Waals surface area contributed by atoms with E-state index < -0.39 is 34.6 Å². The minimum Gasteiger partial charge on any atom is -0.393 e. The molecule has 2 atom stereocenters. The number of hydrogen-bond donors (Lipinski definition) is 3. The molecule has 2 unspecified atom stereocenters. The molecule has 2 fully saturated rings. The molecule has 0 bridgehead atoms. The summed E-state index contributed by atoms with van der Waals surface area (Å²) in [6.45, 7) is 0.638. The van der Waals surface area contributed by atoms with Gasteiger partial charge in [-0.2, -0.15) is 0 Å². The summed E-state index contributed by atoms with van der Waals surface area (Å²) in [6, 6.07) is 9.56. The van der Waals surface area contributed by atoms with Crippen LogP contribution in [0.2, 0.25) is 0 Å². The fourth-order valence-electron chi connectivity index (χ4n) is 4.03. The van der Waals surface area contributed by atoms with Crippen molar-refractivity contribution in [3.05, 3.63) is 47.7 Å². The molecule has 1 aliphatic heterocycles. The molecule has 12 heteroatoms. The second-order valence-electron chi connectivity index (χ2n) is 8.91. The van der Waals surface area contributed by atoms with E-state index in [4.69, 9.17) is 14.6 Å². The summed E-state index contributed by atoms with van der Waals surface area (Å²) < 4.78 is 36.7. The van der Waals surface area contributed by atoms with E-state index in [0.29, 0.717) is 65.6 Å². The van der Waals surface area contributed by atoms with E-state index in [-0.39, 0.29) is 16.2 Å². The Morgan fingerprint density at radius 3 is 2.50 bits per heavy atom. The van der Waals surface area contributed by atoms with Crippen LogP contribution in [-0.2, 0) is 24.1 Å². The number of carbonyl (C=O) groups is 1. The summed E-state index contributed by atoms with van der Waals surface area (Å²) in [5.74, 6) is -0.436. The normalized spacial score (nSPS) is 18.7. The van der Waals surface area contributed by atoms with Crippen molar-refractivity contribution in [2.24, 2.45) is 0 Å². The van der Waals surface area contributed by atoms with Crippen LogP contribution in [0.4, 0.5) is 5.13 Å². The maximum atomic E-state index is 13.4. The average molecular weight is 534 g/mol. The number of thiazole rings is 1. The number of hydrogen-bond acceptors (Lipinski definition) is 10. The summed E-state index contributed by atoms with van der Waals surface area (Å²) >= 11 is 1.14. The zero-order valence-corrected chi connectivity index (χ0v) is 21.0. The fraction of sp³-hybridized carbons (Fsp3) is 0.458. The molecule has 5 rings (SSSR count). The van der Waals surface area contributed by atoms with E-state index >= 15 is 0 Å². The van der Waals surface area contributed by atoms with Crippen molar-refractivity contribution in [2.45, 2.75) is 54.1 Å². The van der Waals surface area contributed by atoms with Gasteiger partial charge in [0, 0.05) is 13.2 Å². The monoisotopic (exact) mass is 533 g/mol. The Morgan fingerprint density at radius 1 is 1.11 bits per heavy atom. The molecule has 1 amide bonds. The predicted molar refractivity (Wildman–Crippen MR) is 132 cm³/mol. The molecule has 2 aliphatic rings. The number of anilines is 1. The van der Waals surface area contributed by atoms with Gasteiger partial charge in [0.2, 0.25) is 0 Å². The number of nitrogens with one attached hydrogen (secondary N) is 1. The first-order chi connectivity index (χ1) is 17.3. The number of benzene rings is 1. The van der Waals surface area contributed by atoms with Gasteiger partial charge in [0.15, 0.2) is 21.1 Å². The van der Waals surface area contributed by atoms with Crippen LogP contribution in [0.1, 0.15) is 49.1 Å². The van der Waals surface area contributed by atoms with Gasteiger partial charge in [0.1, 0.15) is 16.5 Å². The molecule has 1 aromatic carbocycles. The Labute approximate surface area is 212 Å². The highest BCUT2D eigenvalue weighted by atomic mass is 32.2. The quantitative estimate of drug-likeness (QED) is 0.377. The Balaban J connectivity index is 1.38. The molecule has 0 radical (unpaired) electrons. The van der Waals surface area contributed by atoms with E-state index in [2.05, 4.69) is 15.3 Å². The molecule has 36 heavy (non-hydrogen) atoms. The van der Waals surface area contributed by atoms with E-state index in [1.807, 2.05) is 0 Å². The summed E-state index contributed by atoms with van der Waals surface area (Å²) in [7, 11) is -3.34. The molecular formula is C24H27N3O7S2.